The summed E-state index contributed by atoms with van der Waals surface area (Å²) in [6.45, 7) is 0. The molecule has 1 saturated heterocycles. The van der Waals surface area contributed by atoms with E-state index in [9.17, 15) is 4.79 Å². The smallest absolute Gasteiger partial charge is 0.410 e. The van der Waals surface area contributed by atoms with E-state index in [-0.39, 0.29) is 6.09 Å². The predicted molar refractivity (Wildman–Crippen MR) is 44.8 cm³/mol. The molecule has 12 heavy (non-hydrogen) atoms. The van der Waals surface area contributed by atoms with Crippen molar-refractivity contribution in [3.63, 3.8) is 0 Å². The van der Waals surface area contributed by atoms with E-state index in [1.165, 1.54) is 13.5 Å². The molecule has 1 amide bonds. The van der Waals surface area contributed by atoms with Gasteiger partial charge in [0, 0.05) is 0 Å². The Labute approximate surface area is 72.0 Å². The molecule has 2 aliphatic heterocycles. The van der Waals surface area contributed by atoms with Crippen LogP contribution in [-0.2, 0) is 4.74 Å². The molecule has 0 N–H and O–H groups in total. The van der Waals surface area contributed by atoms with Crippen LogP contribution >= 0.6 is 0 Å². The van der Waals surface area contributed by atoms with Gasteiger partial charge in [-0.2, -0.15) is 0 Å². The molecule has 0 radical (unpaired) electrons. The van der Waals surface area contributed by atoms with Gasteiger partial charge in [0.2, 0.25) is 0 Å². The first-order chi connectivity index (χ1) is 5.83. The van der Waals surface area contributed by atoms with E-state index in [0.717, 1.165) is 12.8 Å². The lowest BCUT2D eigenvalue weighted by molar-refractivity contribution is 0.0920. The summed E-state index contributed by atoms with van der Waals surface area (Å²) >= 11 is 0. The van der Waals surface area contributed by atoms with Crippen molar-refractivity contribution in [1.29, 1.82) is 0 Å². The normalized spacial score (nSPS) is 32.2. The summed E-state index contributed by atoms with van der Waals surface area (Å²) in [5.74, 6) is 0. The van der Waals surface area contributed by atoms with Crippen LogP contribution in [-0.4, -0.2) is 30.2 Å². The Morgan fingerprint density at radius 2 is 2.00 bits per heavy atom. The van der Waals surface area contributed by atoms with Gasteiger partial charge in [-0.05, 0) is 19.3 Å². The summed E-state index contributed by atoms with van der Waals surface area (Å²) in [5.41, 5.74) is 0. The van der Waals surface area contributed by atoms with Gasteiger partial charge in [-0.25, -0.2) is 4.79 Å². The van der Waals surface area contributed by atoms with E-state index in [1.807, 2.05) is 4.90 Å². The van der Waals surface area contributed by atoms with Gasteiger partial charge >= 0.3 is 6.09 Å². The number of hydrogen-bond donors (Lipinski definition) is 0. The number of rotatable bonds is 0. The fraction of sp³-hybridized carbons (Fsp3) is 0.667. The highest BCUT2D eigenvalue weighted by molar-refractivity contribution is 5.70. The summed E-state index contributed by atoms with van der Waals surface area (Å²) in [5, 5.41) is 0. The molecule has 2 heterocycles. The van der Waals surface area contributed by atoms with E-state index in [2.05, 4.69) is 12.2 Å². The largest absolute Gasteiger partial charge is 0.453 e. The van der Waals surface area contributed by atoms with Crippen molar-refractivity contribution in [2.24, 2.45) is 0 Å². The summed E-state index contributed by atoms with van der Waals surface area (Å²) in [6, 6.07) is 0.604. The number of amides is 1. The molecule has 1 fully saturated rings. The van der Waals surface area contributed by atoms with Crippen molar-refractivity contribution in [3.05, 3.63) is 12.2 Å². The Morgan fingerprint density at radius 1 is 1.42 bits per heavy atom. The van der Waals surface area contributed by atoms with Gasteiger partial charge in [0.25, 0.3) is 0 Å². The third kappa shape index (κ3) is 1.00. The summed E-state index contributed by atoms with van der Waals surface area (Å²) in [4.78, 5) is 13.1. The minimum atomic E-state index is -0.185. The maximum atomic E-state index is 11.3. The minimum absolute atomic E-state index is 0.185. The number of piperidine rings is 1. The van der Waals surface area contributed by atoms with Crippen molar-refractivity contribution in [2.75, 3.05) is 7.11 Å². The Bertz CT molecular complexity index is 211. The number of fused-ring (bicyclic) bond motifs is 2. The molecule has 2 aliphatic rings. The molecular formula is C9H13NO2. The minimum Gasteiger partial charge on any atom is -0.453 e. The zero-order valence-electron chi connectivity index (χ0n) is 7.19. The first-order valence-electron chi connectivity index (χ1n) is 4.37. The highest BCUT2D eigenvalue weighted by atomic mass is 16.5. The number of carbonyl (C=O) groups excluding carboxylic acids is 1. The third-order valence-electron chi connectivity index (χ3n) is 2.66. The summed E-state index contributed by atoms with van der Waals surface area (Å²) < 4.78 is 4.72. The van der Waals surface area contributed by atoms with Gasteiger partial charge in [-0.3, -0.25) is 4.90 Å². The van der Waals surface area contributed by atoms with Crippen LogP contribution in [0.15, 0.2) is 12.2 Å². The number of nitrogens with zero attached hydrogens (tertiary/aromatic N) is 1. The highest BCUT2D eigenvalue weighted by Crippen LogP contribution is 2.30. The number of carbonyl (C=O) groups is 1. The number of ether oxygens (including phenoxy) is 1. The topological polar surface area (TPSA) is 29.5 Å². The highest BCUT2D eigenvalue weighted by Gasteiger charge is 2.36. The van der Waals surface area contributed by atoms with E-state index in [1.54, 1.807) is 0 Å². The van der Waals surface area contributed by atoms with Crippen molar-refractivity contribution in [3.8, 4) is 0 Å². The average Bonchev–Trinajstić information content (AvgIpc) is 2.35. The molecule has 0 aromatic carbocycles. The molecule has 0 aromatic rings. The van der Waals surface area contributed by atoms with Gasteiger partial charge in [0.05, 0.1) is 19.2 Å². The van der Waals surface area contributed by atoms with E-state index < -0.39 is 0 Å². The molecule has 2 rings (SSSR count). The Hall–Kier alpha value is -0.990. The van der Waals surface area contributed by atoms with Crippen molar-refractivity contribution in [2.45, 2.75) is 31.3 Å². The van der Waals surface area contributed by atoms with Gasteiger partial charge in [-0.1, -0.05) is 12.2 Å². The fourth-order valence-corrected chi connectivity index (χ4v) is 2.07. The van der Waals surface area contributed by atoms with Crippen LogP contribution in [0.25, 0.3) is 0 Å². The molecule has 2 atom stereocenters. The Morgan fingerprint density at radius 3 is 2.50 bits per heavy atom. The third-order valence-corrected chi connectivity index (χ3v) is 2.66. The molecule has 3 nitrogen and oxygen atoms in total. The average molecular weight is 167 g/mol. The molecule has 66 valence electrons. The van der Waals surface area contributed by atoms with Gasteiger partial charge in [0.15, 0.2) is 0 Å². The number of methoxy groups -OCH3 is 1. The maximum absolute atomic E-state index is 11.3. The molecular weight excluding hydrogens is 154 g/mol. The molecule has 0 aliphatic carbocycles. The second-order valence-electron chi connectivity index (χ2n) is 3.33. The fourth-order valence-electron chi connectivity index (χ4n) is 2.07. The second kappa shape index (κ2) is 2.81. The summed E-state index contributed by atoms with van der Waals surface area (Å²) in [6.07, 6.45) is 7.44. The Kier molecular flexibility index (Phi) is 1.79. The molecule has 2 unspecified atom stereocenters. The summed E-state index contributed by atoms with van der Waals surface area (Å²) in [7, 11) is 1.44. The number of hydrogen-bond acceptors (Lipinski definition) is 2. The van der Waals surface area contributed by atoms with Crippen molar-refractivity contribution >= 4 is 6.09 Å². The van der Waals surface area contributed by atoms with Gasteiger partial charge < -0.3 is 4.74 Å². The van der Waals surface area contributed by atoms with Crippen LogP contribution in [0.3, 0.4) is 0 Å². The first-order valence-corrected chi connectivity index (χ1v) is 4.37. The predicted octanol–water partition coefficient (Wildman–Crippen LogP) is 1.55. The van der Waals surface area contributed by atoms with Crippen LogP contribution in [0.4, 0.5) is 4.79 Å². The van der Waals surface area contributed by atoms with Crippen LogP contribution in [0.2, 0.25) is 0 Å². The SMILES string of the molecule is COC(=O)N1C2C=CC1CCC2. The lowest BCUT2D eigenvalue weighted by atomic mass is 10.0. The van der Waals surface area contributed by atoms with E-state index >= 15 is 0 Å². The maximum Gasteiger partial charge on any atom is 0.410 e. The Balaban J connectivity index is 2.13. The lowest BCUT2D eigenvalue weighted by Crippen LogP contribution is -2.44. The molecule has 0 saturated carbocycles. The van der Waals surface area contributed by atoms with Crippen LogP contribution in [0.1, 0.15) is 19.3 Å². The van der Waals surface area contributed by atoms with Crippen LogP contribution < -0.4 is 0 Å². The van der Waals surface area contributed by atoms with Crippen LogP contribution in [0.5, 0.6) is 0 Å². The van der Waals surface area contributed by atoms with Gasteiger partial charge in [0.1, 0.15) is 0 Å². The molecule has 2 bridgehead atoms. The standard InChI is InChI=1S/C9H13NO2/c1-12-9(11)10-7-3-2-4-8(10)6-5-7/h5-8H,2-4H2,1H3. The van der Waals surface area contributed by atoms with E-state index in [0.29, 0.717) is 12.1 Å². The zero-order valence-corrected chi connectivity index (χ0v) is 7.19. The molecule has 0 aromatic heterocycles. The second-order valence-corrected chi connectivity index (χ2v) is 3.33. The molecule has 0 spiro atoms. The quantitative estimate of drug-likeness (QED) is 0.512. The molecule has 3 heteroatoms. The van der Waals surface area contributed by atoms with Gasteiger partial charge in [-0.15, -0.1) is 0 Å². The van der Waals surface area contributed by atoms with Crippen molar-refractivity contribution < 1.29 is 9.53 Å². The zero-order chi connectivity index (χ0) is 8.55. The van der Waals surface area contributed by atoms with Crippen LogP contribution in [0, 0.1) is 0 Å². The van der Waals surface area contributed by atoms with Crippen molar-refractivity contribution in [1.82, 2.24) is 4.90 Å². The van der Waals surface area contributed by atoms with E-state index in [4.69, 9.17) is 4.74 Å². The monoisotopic (exact) mass is 167 g/mol. The first kappa shape index (κ1) is 7.65. The lowest BCUT2D eigenvalue weighted by Gasteiger charge is -2.33.